The molecule has 1 aliphatic rings. The molecule has 2 aromatic rings. The highest BCUT2D eigenvalue weighted by atomic mass is 32.2. The van der Waals surface area contributed by atoms with E-state index in [9.17, 15) is 13.2 Å². The van der Waals surface area contributed by atoms with Crippen molar-refractivity contribution >= 4 is 38.6 Å². The summed E-state index contributed by atoms with van der Waals surface area (Å²) in [5, 5.41) is 7.17. The van der Waals surface area contributed by atoms with E-state index in [1.54, 1.807) is 6.08 Å². The lowest BCUT2D eigenvalue weighted by Crippen LogP contribution is -2.34. The lowest BCUT2D eigenvalue weighted by atomic mass is 10.2. The van der Waals surface area contributed by atoms with Crippen LogP contribution in [0.1, 0.15) is 30.0 Å². The second-order valence-corrected chi connectivity index (χ2v) is 9.39. The lowest BCUT2D eigenvalue weighted by molar-refractivity contribution is 0.250. The van der Waals surface area contributed by atoms with Crippen molar-refractivity contribution in [2.75, 3.05) is 11.9 Å². The first kappa shape index (κ1) is 19.5. The smallest absolute Gasteiger partial charge is 0.321 e. The molecule has 0 radical (unpaired) electrons. The van der Waals surface area contributed by atoms with Crippen LogP contribution in [0.4, 0.5) is 9.93 Å². The number of carbonyl (C=O) groups is 1. The number of nitrogens with one attached hydrogen (secondary N) is 2. The van der Waals surface area contributed by atoms with Crippen LogP contribution in [0, 0.1) is 0 Å². The number of hydrogen-bond acceptors (Lipinski definition) is 5. The molecule has 0 atom stereocenters. The fraction of sp³-hybridized carbons (Fsp3) is 0.333. The summed E-state index contributed by atoms with van der Waals surface area (Å²) in [5.41, 5.74) is 1.68. The summed E-state index contributed by atoms with van der Waals surface area (Å²) in [6.07, 6.45) is 2.12. The summed E-state index contributed by atoms with van der Waals surface area (Å²) >= 11 is 1.31. The van der Waals surface area contributed by atoms with E-state index >= 15 is 0 Å². The summed E-state index contributed by atoms with van der Waals surface area (Å²) in [6, 6.07) is 9.02. The zero-order chi connectivity index (χ0) is 19.4. The Hall–Kier alpha value is -2.23. The first-order chi connectivity index (χ1) is 12.8. The molecular formula is C18H22N4O3S2. The monoisotopic (exact) mass is 406 g/mol. The third-order valence-electron chi connectivity index (χ3n) is 3.93. The van der Waals surface area contributed by atoms with Crippen molar-refractivity contribution in [2.45, 2.75) is 32.9 Å². The molecule has 0 saturated heterocycles. The molecule has 0 saturated carbocycles. The van der Waals surface area contributed by atoms with Gasteiger partial charge in [0.2, 0.25) is 10.0 Å². The molecule has 0 spiro atoms. The van der Waals surface area contributed by atoms with Crippen molar-refractivity contribution in [3.63, 3.8) is 0 Å². The maximum atomic E-state index is 12.6. The summed E-state index contributed by atoms with van der Waals surface area (Å²) < 4.78 is 26.7. The molecule has 144 valence electrons. The van der Waals surface area contributed by atoms with E-state index in [1.165, 1.54) is 21.1 Å². The van der Waals surface area contributed by atoms with Gasteiger partial charge in [-0.1, -0.05) is 41.7 Å². The SMILES string of the molecule is CC(C)NC(=O)Nc1nc2c(s1)CN(S(=O)(=O)/C=C/c1ccccc1)CC2. The molecule has 2 heterocycles. The number of sulfonamides is 1. The average Bonchev–Trinajstić information content (AvgIpc) is 3.01. The fourth-order valence-corrected chi connectivity index (χ4v) is 4.91. The predicted molar refractivity (Wildman–Crippen MR) is 108 cm³/mol. The Labute approximate surface area is 163 Å². The third kappa shape index (κ3) is 5.15. The minimum Gasteiger partial charge on any atom is -0.336 e. The maximum Gasteiger partial charge on any atom is 0.321 e. The largest absolute Gasteiger partial charge is 0.336 e. The van der Waals surface area contributed by atoms with Gasteiger partial charge in [0.15, 0.2) is 5.13 Å². The van der Waals surface area contributed by atoms with Gasteiger partial charge in [-0.15, -0.1) is 0 Å². The Balaban J connectivity index is 1.68. The second-order valence-electron chi connectivity index (χ2n) is 6.48. The van der Waals surface area contributed by atoms with E-state index in [0.717, 1.165) is 16.1 Å². The van der Waals surface area contributed by atoms with Crippen LogP contribution in [0.3, 0.4) is 0 Å². The zero-order valence-electron chi connectivity index (χ0n) is 15.2. The number of carbonyl (C=O) groups excluding carboxylic acids is 1. The Kier molecular flexibility index (Phi) is 5.93. The molecule has 0 fully saturated rings. The molecule has 2 amide bonds. The first-order valence-corrected chi connectivity index (χ1v) is 10.9. The van der Waals surface area contributed by atoms with Gasteiger partial charge in [0.05, 0.1) is 12.2 Å². The van der Waals surface area contributed by atoms with E-state index in [0.29, 0.717) is 18.1 Å². The number of aromatic nitrogens is 1. The number of urea groups is 1. The molecule has 1 aromatic heterocycles. The van der Waals surface area contributed by atoms with Gasteiger partial charge in [-0.3, -0.25) is 5.32 Å². The van der Waals surface area contributed by atoms with Crippen LogP contribution in [0.2, 0.25) is 0 Å². The highest BCUT2D eigenvalue weighted by Crippen LogP contribution is 2.29. The average molecular weight is 407 g/mol. The summed E-state index contributed by atoms with van der Waals surface area (Å²) in [5.74, 6) is 0. The Morgan fingerprint density at radius 2 is 2.04 bits per heavy atom. The molecule has 9 heteroatoms. The fourth-order valence-electron chi connectivity index (χ4n) is 2.65. The maximum absolute atomic E-state index is 12.6. The standard InChI is InChI=1S/C18H22N4O3S2/c1-13(2)19-17(23)21-18-20-15-8-10-22(12-16(15)26-18)27(24,25)11-9-14-6-4-3-5-7-14/h3-7,9,11,13H,8,10,12H2,1-2H3,(H2,19,20,21,23)/b11-9+. The topological polar surface area (TPSA) is 91.4 Å². The molecule has 2 N–H and O–H groups in total. The van der Waals surface area contributed by atoms with Crippen molar-refractivity contribution < 1.29 is 13.2 Å². The van der Waals surface area contributed by atoms with Crippen LogP contribution >= 0.6 is 11.3 Å². The quantitative estimate of drug-likeness (QED) is 0.798. The molecule has 1 aliphatic heterocycles. The summed E-state index contributed by atoms with van der Waals surface area (Å²) in [6.45, 7) is 4.38. The number of rotatable bonds is 5. The van der Waals surface area contributed by atoms with Crippen molar-refractivity contribution in [3.05, 3.63) is 51.9 Å². The zero-order valence-corrected chi connectivity index (χ0v) is 16.8. The van der Waals surface area contributed by atoms with Crippen LogP contribution in [-0.4, -0.2) is 36.3 Å². The predicted octanol–water partition coefficient (Wildman–Crippen LogP) is 3.03. The highest BCUT2D eigenvalue weighted by Gasteiger charge is 2.27. The summed E-state index contributed by atoms with van der Waals surface area (Å²) in [4.78, 5) is 17.1. The van der Waals surface area contributed by atoms with Gasteiger partial charge < -0.3 is 5.32 Å². The van der Waals surface area contributed by atoms with Crippen LogP contribution in [-0.2, 0) is 23.0 Å². The highest BCUT2D eigenvalue weighted by molar-refractivity contribution is 7.92. The molecule has 0 unspecified atom stereocenters. The number of hydrogen-bond donors (Lipinski definition) is 2. The summed E-state index contributed by atoms with van der Waals surface area (Å²) in [7, 11) is -3.52. The minimum absolute atomic E-state index is 0.0247. The number of benzene rings is 1. The minimum atomic E-state index is -3.52. The number of nitrogens with zero attached hydrogens (tertiary/aromatic N) is 2. The third-order valence-corrected chi connectivity index (χ3v) is 6.44. The molecule has 1 aromatic carbocycles. The van der Waals surface area contributed by atoms with Crippen LogP contribution in [0.5, 0.6) is 0 Å². The van der Waals surface area contributed by atoms with Gasteiger partial charge >= 0.3 is 6.03 Å². The lowest BCUT2D eigenvalue weighted by Gasteiger charge is -2.23. The van der Waals surface area contributed by atoms with E-state index in [2.05, 4.69) is 15.6 Å². The Morgan fingerprint density at radius 3 is 2.74 bits per heavy atom. The number of fused-ring (bicyclic) bond motifs is 1. The molecular weight excluding hydrogens is 384 g/mol. The van der Waals surface area contributed by atoms with Crippen LogP contribution in [0.25, 0.3) is 6.08 Å². The van der Waals surface area contributed by atoms with E-state index < -0.39 is 10.0 Å². The molecule has 0 aliphatic carbocycles. The molecule has 0 bridgehead atoms. The molecule has 27 heavy (non-hydrogen) atoms. The van der Waals surface area contributed by atoms with Crippen molar-refractivity contribution in [3.8, 4) is 0 Å². The number of thiazole rings is 1. The van der Waals surface area contributed by atoms with Crippen LogP contribution < -0.4 is 10.6 Å². The van der Waals surface area contributed by atoms with Gasteiger partial charge in [-0.25, -0.2) is 18.2 Å². The van der Waals surface area contributed by atoms with Gasteiger partial charge in [-0.2, -0.15) is 4.31 Å². The van der Waals surface area contributed by atoms with Crippen molar-refractivity contribution in [1.29, 1.82) is 0 Å². The van der Waals surface area contributed by atoms with Gasteiger partial charge in [0, 0.05) is 29.3 Å². The number of amides is 2. The van der Waals surface area contributed by atoms with Gasteiger partial charge in [-0.05, 0) is 25.5 Å². The Bertz CT molecular complexity index is 937. The van der Waals surface area contributed by atoms with E-state index in [4.69, 9.17) is 0 Å². The van der Waals surface area contributed by atoms with Crippen LogP contribution in [0.15, 0.2) is 35.7 Å². The molecule has 3 rings (SSSR count). The van der Waals surface area contributed by atoms with Gasteiger partial charge in [0.1, 0.15) is 0 Å². The van der Waals surface area contributed by atoms with E-state index in [1.807, 2.05) is 44.2 Å². The van der Waals surface area contributed by atoms with Crippen molar-refractivity contribution in [1.82, 2.24) is 14.6 Å². The molecule has 7 nitrogen and oxygen atoms in total. The number of anilines is 1. The first-order valence-electron chi connectivity index (χ1n) is 8.63. The second kappa shape index (κ2) is 8.20. The van der Waals surface area contributed by atoms with E-state index in [-0.39, 0.29) is 18.6 Å². The Morgan fingerprint density at radius 1 is 1.30 bits per heavy atom. The van der Waals surface area contributed by atoms with Gasteiger partial charge in [0.25, 0.3) is 0 Å². The normalized spacial score (nSPS) is 15.1. The van der Waals surface area contributed by atoms with Crippen molar-refractivity contribution in [2.24, 2.45) is 0 Å².